The Morgan fingerprint density at radius 1 is 1.43 bits per heavy atom. The van der Waals surface area contributed by atoms with E-state index in [4.69, 9.17) is 0 Å². The molecule has 1 N–H and O–H groups in total. The Hall–Kier alpha value is -1.94. The van der Waals surface area contributed by atoms with E-state index in [1.54, 1.807) is 13.0 Å². The SMILES string of the molecule is CC(=O)[C@@H]1C=C2c3cc(F)cc4[nH]cc(c34)C[C@H]2N(C)C1. The second-order valence-corrected chi connectivity index (χ2v) is 6.19. The minimum absolute atomic E-state index is 0.0972. The number of hydrogen-bond acceptors (Lipinski definition) is 2. The fraction of sp³-hybridized carbons (Fsp3) is 0.353. The van der Waals surface area contributed by atoms with Crippen LogP contribution in [0.15, 0.2) is 24.4 Å². The van der Waals surface area contributed by atoms with Crippen LogP contribution in [0.3, 0.4) is 0 Å². The van der Waals surface area contributed by atoms with Gasteiger partial charge in [0.15, 0.2) is 0 Å². The van der Waals surface area contributed by atoms with Crippen molar-refractivity contribution in [3.05, 3.63) is 41.3 Å². The van der Waals surface area contributed by atoms with Crippen LogP contribution >= 0.6 is 0 Å². The monoisotopic (exact) mass is 284 g/mol. The summed E-state index contributed by atoms with van der Waals surface area (Å²) in [4.78, 5) is 17.2. The largest absolute Gasteiger partial charge is 0.361 e. The molecule has 0 saturated heterocycles. The van der Waals surface area contributed by atoms with E-state index < -0.39 is 0 Å². The number of Topliss-reactive ketones (excluding diaryl/α,β-unsaturated/α-hetero) is 1. The van der Waals surface area contributed by atoms with Gasteiger partial charge in [-0.3, -0.25) is 9.69 Å². The first-order valence-electron chi connectivity index (χ1n) is 7.27. The van der Waals surface area contributed by atoms with Crippen molar-refractivity contribution in [3.8, 4) is 0 Å². The van der Waals surface area contributed by atoms with E-state index in [-0.39, 0.29) is 23.6 Å². The van der Waals surface area contributed by atoms with Crippen molar-refractivity contribution < 1.29 is 9.18 Å². The van der Waals surface area contributed by atoms with Crippen LogP contribution in [-0.4, -0.2) is 35.3 Å². The molecule has 1 aliphatic carbocycles. The van der Waals surface area contributed by atoms with Crippen LogP contribution < -0.4 is 0 Å². The first kappa shape index (κ1) is 12.8. The fourth-order valence-electron chi connectivity index (χ4n) is 3.74. The lowest BCUT2D eigenvalue weighted by Gasteiger charge is -2.39. The van der Waals surface area contributed by atoms with Gasteiger partial charge in [0, 0.05) is 35.6 Å². The Labute approximate surface area is 122 Å². The van der Waals surface area contributed by atoms with Crippen LogP contribution in [0.2, 0.25) is 0 Å². The second kappa shape index (κ2) is 4.28. The van der Waals surface area contributed by atoms with Crippen LogP contribution in [0.25, 0.3) is 16.5 Å². The lowest BCUT2D eigenvalue weighted by atomic mass is 9.79. The Morgan fingerprint density at radius 3 is 3.00 bits per heavy atom. The Bertz CT molecular complexity index is 789. The van der Waals surface area contributed by atoms with Gasteiger partial charge in [0.25, 0.3) is 0 Å². The maximum Gasteiger partial charge on any atom is 0.137 e. The maximum atomic E-state index is 13.9. The first-order valence-corrected chi connectivity index (χ1v) is 7.27. The molecular formula is C17H17FN2O. The average Bonchev–Trinajstić information content (AvgIpc) is 2.83. The number of aromatic amines is 1. The molecule has 0 bridgehead atoms. The van der Waals surface area contributed by atoms with Crippen molar-refractivity contribution in [2.24, 2.45) is 5.92 Å². The summed E-state index contributed by atoms with van der Waals surface area (Å²) in [6.45, 7) is 2.36. The van der Waals surface area contributed by atoms with E-state index in [0.29, 0.717) is 0 Å². The summed E-state index contributed by atoms with van der Waals surface area (Å²) in [7, 11) is 2.04. The van der Waals surface area contributed by atoms with E-state index >= 15 is 0 Å². The quantitative estimate of drug-likeness (QED) is 0.874. The highest BCUT2D eigenvalue weighted by Crippen LogP contribution is 2.41. The Morgan fingerprint density at radius 2 is 2.24 bits per heavy atom. The van der Waals surface area contributed by atoms with Crippen molar-refractivity contribution in [1.82, 2.24) is 9.88 Å². The molecule has 3 nitrogen and oxygen atoms in total. The topological polar surface area (TPSA) is 36.1 Å². The summed E-state index contributed by atoms with van der Waals surface area (Å²) in [5.41, 5.74) is 4.11. The number of fused-ring (bicyclic) bond motifs is 2. The maximum absolute atomic E-state index is 13.9. The highest BCUT2D eigenvalue weighted by atomic mass is 19.1. The number of carbonyl (C=O) groups is 1. The minimum atomic E-state index is -0.236. The van der Waals surface area contributed by atoms with E-state index in [2.05, 4.69) is 16.0 Å². The molecule has 1 aliphatic heterocycles. The number of nitrogens with one attached hydrogen (secondary N) is 1. The van der Waals surface area contributed by atoms with Crippen molar-refractivity contribution in [1.29, 1.82) is 0 Å². The zero-order valence-corrected chi connectivity index (χ0v) is 12.1. The number of benzene rings is 1. The zero-order chi connectivity index (χ0) is 14.7. The Balaban J connectivity index is 1.98. The van der Waals surface area contributed by atoms with E-state index in [9.17, 15) is 9.18 Å². The second-order valence-electron chi connectivity index (χ2n) is 6.19. The third kappa shape index (κ3) is 1.79. The molecule has 2 aliphatic rings. The van der Waals surface area contributed by atoms with Gasteiger partial charge in [-0.2, -0.15) is 0 Å². The molecule has 0 saturated carbocycles. The highest BCUT2D eigenvalue weighted by molar-refractivity contribution is 5.99. The Kier molecular flexibility index (Phi) is 2.60. The van der Waals surface area contributed by atoms with Gasteiger partial charge in [-0.1, -0.05) is 6.08 Å². The predicted octanol–water partition coefficient (Wildman–Crippen LogP) is 2.77. The summed E-state index contributed by atoms with van der Waals surface area (Å²) in [6, 6.07) is 3.38. The molecule has 0 spiro atoms. The number of likely N-dealkylation sites (N-methyl/N-ethyl adjacent to an activating group) is 1. The number of aromatic nitrogens is 1. The van der Waals surface area contributed by atoms with Gasteiger partial charge in [-0.15, -0.1) is 0 Å². The van der Waals surface area contributed by atoms with Crippen molar-refractivity contribution in [3.63, 3.8) is 0 Å². The number of rotatable bonds is 1. The molecular weight excluding hydrogens is 267 g/mol. The molecule has 4 rings (SSSR count). The third-order valence-electron chi connectivity index (χ3n) is 4.83. The number of H-pyrrole nitrogens is 1. The molecule has 2 atom stereocenters. The summed E-state index contributed by atoms with van der Waals surface area (Å²) in [5.74, 6) is -0.166. The molecule has 1 aromatic carbocycles. The lowest BCUT2D eigenvalue weighted by Crippen LogP contribution is -2.43. The van der Waals surface area contributed by atoms with Gasteiger partial charge in [0.05, 0.1) is 0 Å². The number of nitrogens with zero attached hydrogens (tertiary/aromatic N) is 1. The van der Waals surface area contributed by atoms with Gasteiger partial charge in [0.2, 0.25) is 0 Å². The number of carbonyl (C=O) groups excluding carboxylic acids is 1. The standard InChI is InChI=1S/C17H17FN2O/c1-9(21)11-3-13-14-5-12(18)6-15-17(14)10(7-19-15)4-16(13)20(2)8-11/h3,5-7,11,16,19H,4,8H2,1-2H3/t11-,16-/m1/s1. The molecule has 2 aromatic rings. The zero-order valence-electron chi connectivity index (χ0n) is 12.1. The van der Waals surface area contributed by atoms with Crippen molar-refractivity contribution in [2.45, 2.75) is 19.4 Å². The highest BCUT2D eigenvalue weighted by Gasteiger charge is 2.34. The van der Waals surface area contributed by atoms with Crippen LogP contribution in [0.4, 0.5) is 4.39 Å². The van der Waals surface area contributed by atoms with E-state index in [1.165, 1.54) is 11.6 Å². The smallest absolute Gasteiger partial charge is 0.137 e. The number of ketones is 1. The van der Waals surface area contributed by atoms with Crippen LogP contribution in [0, 0.1) is 11.7 Å². The van der Waals surface area contributed by atoms with Gasteiger partial charge < -0.3 is 4.98 Å². The molecule has 0 radical (unpaired) electrons. The summed E-state index contributed by atoms with van der Waals surface area (Å²) in [6.07, 6.45) is 4.94. The average molecular weight is 284 g/mol. The summed E-state index contributed by atoms with van der Waals surface area (Å²) in [5, 5.41) is 1.11. The lowest BCUT2D eigenvalue weighted by molar-refractivity contribution is -0.120. The van der Waals surface area contributed by atoms with Gasteiger partial charge in [-0.25, -0.2) is 4.39 Å². The summed E-state index contributed by atoms with van der Waals surface area (Å²) >= 11 is 0. The summed E-state index contributed by atoms with van der Waals surface area (Å²) < 4.78 is 13.9. The van der Waals surface area contributed by atoms with Crippen LogP contribution in [0.5, 0.6) is 0 Å². The van der Waals surface area contributed by atoms with Crippen molar-refractivity contribution >= 4 is 22.3 Å². The van der Waals surface area contributed by atoms with E-state index in [1.807, 2.05) is 13.2 Å². The number of hydrogen-bond donors (Lipinski definition) is 1. The molecule has 0 fully saturated rings. The molecule has 4 heteroatoms. The number of halogens is 1. The molecule has 1 aromatic heterocycles. The van der Waals surface area contributed by atoms with Gasteiger partial charge in [-0.05, 0) is 49.2 Å². The van der Waals surface area contributed by atoms with Crippen molar-refractivity contribution in [2.75, 3.05) is 13.6 Å². The normalized spacial score (nSPS) is 24.8. The molecule has 0 amide bonds. The molecule has 2 heterocycles. The third-order valence-corrected chi connectivity index (χ3v) is 4.83. The first-order chi connectivity index (χ1) is 10.0. The molecule has 0 unspecified atom stereocenters. The van der Waals surface area contributed by atoms with Crippen LogP contribution in [-0.2, 0) is 11.2 Å². The fourth-order valence-corrected chi connectivity index (χ4v) is 3.74. The van der Waals surface area contributed by atoms with Gasteiger partial charge in [0.1, 0.15) is 11.6 Å². The van der Waals surface area contributed by atoms with Crippen LogP contribution in [0.1, 0.15) is 18.1 Å². The van der Waals surface area contributed by atoms with E-state index in [0.717, 1.165) is 35.0 Å². The molecule has 108 valence electrons. The van der Waals surface area contributed by atoms with Gasteiger partial charge >= 0.3 is 0 Å². The predicted molar refractivity (Wildman–Crippen MR) is 80.5 cm³/mol. The molecule has 21 heavy (non-hydrogen) atoms. The minimum Gasteiger partial charge on any atom is -0.361 e.